The van der Waals surface area contributed by atoms with E-state index in [9.17, 15) is 4.79 Å². The Morgan fingerprint density at radius 3 is 2.64 bits per heavy atom. The molecule has 0 saturated carbocycles. The van der Waals surface area contributed by atoms with E-state index in [1.54, 1.807) is 6.92 Å². The molecule has 172 valence electrons. The van der Waals surface area contributed by atoms with Crippen LogP contribution in [0.1, 0.15) is 43.7 Å². The van der Waals surface area contributed by atoms with Crippen LogP contribution in [0.4, 0.5) is 11.8 Å². The highest BCUT2D eigenvalue weighted by molar-refractivity contribution is 5.76. The fraction of sp³-hybridized carbons (Fsp3) is 0.370. The van der Waals surface area contributed by atoms with Crippen LogP contribution >= 0.6 is 0 Å². The lowest BCUT2D eigenvalue weighted by molar-refractivity contribution is -0.117. The Balaban J connectivity index is 1.34. The Bertz CT molecular complexity index is 1060. The summed E-state index contributed by atoms with van der Waals surface area (Å²) in [5, 5.41) is 0. The number of anilines is 2. The number of Topliss-reactive ketones (excluding diaryl/α,β-unsaturated/α-hetero) is 1. The van der Waals surface area contributed by atoms with Crippen molar-refractivity contribution in [3.05, 3.63) is 78.0 Å². The van der Waals surface area contributed by atoms with Gasteiger partial charge in [-0.25, -0.2) is 4.98 Å². The molecule has 0 spiro atoms. The van der Waals surface area contributed by atoms with Crippen molar-refractivity contribution >= 4 is 17.5 Å². The number of aromatic nitrogens is 2. The molecule has 1 aliphatic rings. The number of carbonyl (C=O) groups is 1. The second-order valence-electron chi connectivity index (χ2n) is 8.91. The third kappa shape index (κ3) is 6.09. The number of nitrogens with zero attached hydrogens (tertiary/aromatic N) is 4. The molecule has 0 unspecified atom stereocenters. The molecule has 2 heterocycles. The molecule has 2 atom stereocenters. The Hall–Kier alpha value is -3.41. The topological polar surface area (TPSA) is 58.6 Å². The molecule has 0 bridgehead atoms. The normalized spacial score (nSPS) is 16.5. The first kappa shape index (κ1) is 22.8. The molecule has 1 aliphatic heterocycles. The summed E-state index contributed by atoms with van der Waals surface area (Å²) >= 11 is 0. The summed E-state index contributed by atoms with van der Waals surface area (Å²) in [7, 11) is 2.02. The van der Waals surface area contributed by atoms with Gasteiger partial charge >= 0.3 is 0 Å². The maximum Gasteiger partial charge on any atom is 0.227 e. The highest BCUT2D eigenvalue weighted by Gasteiger charge is 2.25. The van der Waals surface area contributed by atoms with Gasteiger partial charge in [0.15, 0.2) is 0 Å². The second kappa shape index (κ2) is 10.5. The Labute approximate surface area is 196 Å². The standard InChI is InChI=1S/C27H32N4O2/c1-20(17-21(2)32)23-9-11-24(12-10-23)33-25-14-16-31(19-25)26-13-15-28-27(29-26)30(3)18-22-7-5-4-6-8-22/h4-13,15,20,25H,14,16-19H2,1-3H3/t20-,25-/m1/s1. The fourth-order valence-corrected chi connectivity index (χ4v) is 4.28. The lowest BCUT2D eigenvalue weighted by Crippen LogP contribution is -2.26. The molecule has 1 saturated heterocycles. The van der Waals surface area contributed by atoms with Gasteiger partial charge in [-0.1, -0.05) is 49.4 Å². The molecule has 1 fully saturated rings. The number of benzene rings is 2. The number of carbonyl (C=O) groups excluding carboxylic acids is 1. The summed E-state index contributed by atoms with van der Waals surface area (Å²) in [4.78, 5) is 25.0. The van der Waals surface area contributed by atoms with E-state index in [2.05, 4.69) is 46.0 Å². The van der Waals surface area contributed by atoms with Gasteiger partial charge < -0.3 is 19.3 Å². The van der Waals surface area contributed by atoms with Gasteiger partial charge in [0.1, 0.15) is 23.5 Å². The number of rotatable bonds is 9. The van der Waals surface area contributed by atoms with Gasteiger partial charge in [0.25, 0.3) is 0 Å². The van der Waals surface area contributed by atoms with Crippen molar-refractivity contribution in [1.29, 1.82) is 0 Å². The van der Waals surface area contributed by atoms with Crippen LogP contribution < -0.4 is 14.5 Å². The Kier molecular flexibility index (Phi) is 7.23. The fourth-order valence-electron chi connectivity index (χ4n) is 4.28. The number of hydrogen-bond acceptors (Lipinski definition) is 6. The van der Waals surface area contributed by atoms with Crippen molar-refractivity contribution in [3.63, 3.8) is 0 Å². The first-order valence-corrected chi connectivity index (χ1v) is 11.6. The first-order chi connectivity index (χ1) is 16.0. The van der Waals surface area contributed by atoms with Crippen LogP contribution in [0.2, 0.25) is 0 Å². The quantitative estimate of drug-likeness (QED) is 0.470. The minimum atomic E-state index is 0.117. The smallest absolute Gasteiger partial charge is 0.227 e. The predicted octanol–water partition coefficient (Wildman–Crippen LogP) is 4.85. The summed E-state index contributed by atoms with van der Waals surface area (Å²) in [6.45, 7) is 6.18. The van der Waals surface area contributed by atoms with Crippen LogP contribution in [-0.4, -0.2) is 42.0 Å². The summed E-state index contributed by atoms with van der Waals surface area (Å²) in [6, 6.07) is 20.5. The average Bonchev–Trinajstić information content (AvgIpc) is 3.28. The van der Waals surface area contributed by atoms with E-state index >= 15 is 0 Å². The van der Waals surface area contributed by atoms with E-state index in [1.165, 1.54) is 11.1 Å². The van der Waals surface area contributed by atoms with Crippen molar-refractivity contribution in [1.82, 2.24) is 9.97 Å². The molecule has 33 heavy (non-hydrogen) atoms. The largest absolute Gasteiger partial charge is 0.489 e. The highest BCUT2D eigenvalue weighted by atomic mass is 16.5. The van der Waals surface area contributed by atoms with E-state index < -0.39 is 0 Å². The van der Waals surface area contributed by atoms with Crippen LogP contribution in [0.15, 0.2) is 66.9 Å². The second-order valence-corrected chi connectivity index (χ2v) is 8.91. The van der Waals surface area contributed by atoms with Crippen LogP contribution in [0.25, 0.3) is 0 Å². The molecule has 0 N–H and O–H groups in total. The van der Waals surface area contributed by atoms with Crippen molar-refractivity contribution in [2.45, 2.75) is 45.3 Å². The molecule has 6 nitrogen and oxygen atoms in total. The zero-order chi connectivity index (χ0) is 23.2. The van der Waals surface area contributed by atoms with E-state index in [0.717, 1.165) is 43.6 Å². The Morgan fingerprint density at radius 1 is 1.15 bits per heavy atom. The highest BCUT2D eigenvalue weighted by Crippen LogP contribution is 2.26. The minimum absolute atomic E-state index is 0.117. The average molecular weight is 445 g/mol. The van der Waals surface area contributed by atoms with Crippen molar-refractivity contribution in [2.75, 3.05) is 29.9 Å². The zero-order valence-electron chi connectivity index (χ0n) is 19.6. The SMILES string of the molecule is CC(=O)C[C@@H](C)c1ccc(O[C@@H]2CCN(c3ccnc(N(C)Cc4ccccc4)n3)C2)cc1. The van der Waals surface area contributed by atoms with Crippen LogP contribution in [-0.2, 0) is 11.3 Å². The molecule has 1 aromatic heterocycles. The molecule has 4 rings (SSSR count). The number of ether oxygens (including phenoxy) is 1. The van der Waals surface area contributed by atoms with E-state index in [4.69, 9.17) is 9.72 Å². The van der Waals surface area contributed by atoms with Crippen LogP contribution in [0, 0.1) is 0 Å². The van der Waals surface area contributed by atoms with E-state index in [1.807, 2.05) is 49.6 Å². The molecular weight excluding hydrogens is 412 g/mol. The molecular formula is C27H32N4O2. The first-order valence-electron chi connectivity index (χ1n) is 11.6. The maximum absolute atomic E-state index is 11.4. The van der Waals surface area contributed by atoms with E-state index in [0.29, 0.717) is 6.42 Å². The molecule has 3 aromatic rings. The van der Waals surface area contributed by atoms with Gasteiger partial charge in [-0.15, -0.1) is 0 Å². The molecule has 6 heteroatoms. The summed E-state index contributed by atoms with van der Waals surface area (Å²) < 4.78 is 6.24. The predicted molar refractivity (Wildman–Crippen MR) is 132 cm³/mol. The minimum Gasteiger partial charge on any atom is -0.489 e. The zero-order valence-corrected chi connectivity index (χ0v) is 19.6. The molecule has 0 radical (unpaired) electrons. The lowest BCUT2D eigenvalue weighted by atomic mass is 9.96. The maximum atomic E-state index is 11.4. The molecule has 0 aliphatic carbocycles. The van der Waals surface area contributed by atoms with Gasteiger partial charge in [0.05, 0.1) is 6.54 Å². The van der Waals surface area contributed by atoms with Crippen molar-refractivity contribution in [2.24, 2.45) is 0 Å². The van der Waals surface area contributed by atoms with E-state index in [-0.39, 0.29) is 17.8 Å². The van der Waals surface area contributed by atoms with Gasteiger partial charge in [0.2, 0.25) is 5.95 Å². The number of hydrogen-bond donors (Lipinski definition) is 0. The lowest BCUT2D eigenvalue weighted by Gasteiger charge is -2.21. The van der Waals surface area contributed by atoms with Gasteiger partial charge in [-0.2, -0.15) is 4.98 Å². The summed E-state index contributed by atoms with van der Waals surface area (Å²) in [6.07, 6.45) is 3.46. The molecule has 2 aromatic carbocycles. The number of ketones is 1. The monoisotopic (exact) mass is 444 g/mol. The van der Waals surface area contributed by atoms with Gasteiger partial charge in [-0.3, -0.25) is 0 Å². The third-order valence-electron chi connectivity index (χ3n) is 6.05. The summed E-state index contributed by atoms with van der Waals surface area (Å²) in [5.74, 6) is 2.96. The van der Waals surface area contributed by atoms with Crippen molar-refractivity contribution in [3.8, 4) is 5.75 Å². The van der Waals surface area contributed by atoms with Crippen LogP contribution in [0.3, 0.4) is 0 Å². The Morgan fingerprint density at radius 2 is 1.91 bits per heavy atom. The van der Waals surface area contributed by atoms with Crippen LogP contribution in [0.5, 0.6) is 5.75 Å². The van der Waals surface area contributed by atoms with Crippen molar-refractivity contribution < 1.29 is 9.53 Å². The molecule has 0 amide bonds. The summed E-state index contributed by atoms with van der Waals surface area (Å²) in [5.41, 5.74) is 2.39. The van der Waals surface area contributed by atoms with Gasteiger partial charge in [0, 0.05) is 39.2 Å². The van der Waals surface area contributed by atoms with Gasteiger partial charge in [-0.05, 0) is 42.2 Å². The third-order valence-corrected chi connectivity index (χ3v) is 6.05.